The van der Waals surface area contributed by atoms with E-state index in [1.165, 1.54) is 19.3 Å². The van der Waals surface area contributed by atoms with Crippen LogP contribution in [0.15, 0.2) is 16.9 Å². The molecular formula is C10H14BrN3. The van der Waals surface area contributed by atoms with Crippen molar-refractivity contribution in [1.82, 2.24) is 9.97 Å². The first-order valence-electron chi connectivity index (χ1n) is 5.01. The van der Waals surface area contributed by atoms with E-state index in [4.69, 9.17) is 0 Å². The number of hydrogen-bond donors (Lipinski definition) is 0. The minimum atomic E-state index is 0.574. The molecule has 0 aromatic carbocycles. The molecule has 2 heterocycles. The normalized spacial score (nSPS) is 22.4. The van der Waals surface area contributed by atoms with Gasteiger partial charge in [0.25, 0.3) is 0 Å². The van der Waals surface area contributed by atoms with Gasteiger partial charge in [0, 0.05) is 25.0 Å². The number of piperidine rings is 1. The zero-order valence-corrected chi connectivity index (χ0v) is 9.87. The van der Waals surface area contributed by atoms with Crippen LogP contribution in [0.4, 0.5) is 5.95 Å². The molecule has 1 fully saturated rings. The molecule has 0 aliphatic carbocycles. The van der Waals surface area contributed by atoms with Crippen molar-refractivity contribution in [2.24, 2.45) is 0 Å². The first kappa shape index (κ1) is 9.90. The van der Waals surface area contributed by atoms with Crippen LogP contribution >= 0.6 is 15.9 Å². The summed E-state index contributed by atoms with van der Waals surface area (Å²) in [5.41, 5.74) is 0. The summed E-state index contributed by atoms with van der Waals surface area (Å²) in [7, 11) is 0. The fourth-order valence-electron chi connectivity index (χ4n) is 1.85. The largest absolute Gasteiger partial charge is 0.338 e. The summed E-state index contributed by atoms with van der Waals surface area (Å²) < 4.78 is 0.936. The summed E-state index contributed by atoms with van der Waals surface area (Å²) in [6.07, 6.45) is 7.45. The van der Waals surface area contributed by atoms with Crippen molar-refractivity contribution in [3.05, 3.63) is 16.9 Å². The summed E-state index contributed by atoms with van der Waals surface area (Å²) in [5.74, 6) is 0.861. The average Bonchev–Trinajstić information content (AvgIpc) is 2.20. The van der Waals surface area contributed by atoms with Crippen LogP contribution in [-0.4, -0.2) is 22.6 Å². The molecule has 1 saturated heterocycles. The Morgan fingerprint density at radius 1 is 1.36 bits per heavy atom. The van der Waals surface area contributed by atoms with E-state index in [9.17, 15) is 0 Å². The maximum Gasteiger partial charge on any atom is 0.225 e. The molecule has 4 heteroatoms. The molecule has 1 aromatic rings. The van der Waals surface area contributed by atoms with E-state index in [0.29, 0.717) is 6.04 Å². The molecule has 2 rings (SSSR count). The van der Waals surface area contributed by atoms with Crippen molar-refractivity contribution in [1.29, 1.82) is 0 Å². The highest BCUT2D eigenvalue weighted by Gasteiger charge is 2.20. The quantitative estimate of drug-likeness (QED) is 0.773. The molecule has 0 bridgehead atoms. The van der Waals surface area contributed by atoms with Gasteiger partial charge in [-0.15, -0.1) is 0 Å². The number of hydrogen-bond acceptors (Lipinski definition) is 3. The highest BCUT2D eigenvalue weighted by Crippen LogP contribution is 2.21. The van der Waals surface area contributed by atoms with Crippen molar-refractivity contribution in [3.63, 3.8) is 0 Å². The second-order valence-electron chi connectivity index (χ2n) is 3.74. The maximum atomic E-state index is 4.32. The molecular weight excluding hydrogens is 242 g/mol. The van der Waals surface area contributed by atoms with Crippen molar-refractivity contribution in [2.75, 3.05) is 11.4 Å². The summed E-state index contributed by atoms with van der Waals surface area (Å²) in [6, 6.07) is 0.574. The molecule has 1 aromatic heterocycles. The first-order valence-corrected chi connectivity index (χ1v) is 5.81. The van der Waals surface area contributed by atoms with Crippen molar-refractivity contribution < 1.29 is 0 Å². The van der Waals surface area contributed by atoms with E-state index in [1.54, 1.807) is 0 Å². The Morgan fingerprint density at radius 2 is 2.07 bits per heavy atom. The molecule has 3 nitrogen and oxygen atoms in total. The van der Waals surface area contributed by atoms with Gasteiger partial charge in [0.15, 0.2) is 0 Å². The van der Waals surface area contributed by atoms with Crippen LogP contribution in [0.25, 0.3) is 0 Å². The van der Waals surface area contributed by atoms with Gasteiger partial charge in [-0.25, -0.2) is 9.97 Å². The summed E-state index contributed by atoms with van der Waals surface area (Å²) in [5, 5.41) is 0. The third-order valence-electron chi connectivity index (χ3n) is 2.67. The fourth-order valence-corrected chi connectivity index (χ4v) is 2.05. The van der Waals surface area contributed by atoms with E-state index in [-0.39, 0.29) is 0 Å². The van der Waals surface area contributed by atoms with Gasteiger partial charge < -0.3 is 4.90 Å². The summed E-state index contributed by atoms with van der Waals surface area (Å²) in [4.78, 5) is 10.9. The van der Waals surface area contributed by atoms with Crippen LogP contribution in [-0.2, 0) is 0 Å². The maximum absolute atomic E-state index is 4.32. The van der Waals surface area contributed by atoms with Crippen LogP contribution < -0.4 is 4.90 Å². The minimum Gasteiger partial charge on any atom is -0.338 e. The Bertz CT molecular complexity index is 299. The monoisotopic (exact) mass is 255 g/mol. The number of aromatic nitrogens is 2. The van der Waals surface area contributed by atoms with Gasteiger partial charge in [0.05, 0.1) is 4.47 Å². The SMILES string of the molecule is C[C@H]1CCCCN1c1ncc(Br)cn1. The van der Waals surface area contributed by atoms with Crippen molar-refractivity contribution in [2.45, 2.75) is 32.2 Å². The predicted molar refractivity (Wildman–Crippen MR) is 60.4 cm³/mol. The molecule has 1 aliphatic rings. The molecule has 76 valence electrons. The Balaban J connectivity index is 2.16. The molecule has 0 N–H and O–H groups in total. The lowest BCUT2D eigenvalue weighted by atomic mass is 10.0. The predicted octanol–water partition coefficient (Wildman–Crippen LogP) is 2.62. The zero-order chi connectivity index (χ0) is 9.97. The standard InChI is InChI=1S/C10H14BrN3/c1-8-4-2-3-5-14(8)10-12-6-9(11)7-13-10/h6-8H,2-5H2,1H3/t8-/m0/s1. The number of rotatable bonds is 1. The minimum absolute atomic E-state index is 0.574. The second kappa shape index (κ2) is 4.26. The Labute approximate surface area is 92.7 Å². The summed E-state index contributed by atoms with van der Waals surface area (Å²) in [6.45, 7) is 3.33. The van der Waals surface area contributed by atoms with Gasteiger partial charge >= 0.3 is 0 Å². The van der Waals surface area contributed by atoms with Gasteiger partial charge in [-0.2, -0.15) is 0 Å². The number of nitrogens with zero attached hydrogens (tertiary/aromatic N) is 3. The molecule has 14 heavy (non-hydrogen) atoms. The lowest BCUT2D eigenvalue weighted by molar-refractivity contribution is 0.477. The van der Waals surface area contributed by atoms with E-state index in [1.807, 2.05) is 12.4 Å². The molecule has 1 aliphatic heterocycles. The molecule has 0 unspecified atom stereocenters. The molecule has 1 atom stereocenters. The van der Waals surface area contributed by atoms with E-state index < -0.39 is 0 Å². The van der Waals surface area contributed by atoms with E-state index in [0.717, 1.165) is 17.0 Å². The first-order chi connectivity index (χ1) is 6.77. The zero-order valence-electron chi connectivity index (χ0n) is 8.28. The highest BCUT2D eigenvalue weighted by atomic mass is 79.9. The third-order valence-corrected chi connectivity index (χ3v) is 3.08. The molecule has 0 saturated carbocycles. The molecule has 0 spiro atoms. The van der Waals surface area contributed by atoms with Crippen LogP contribution in [0.5, 0.6) is 0 Å². The van der Waals surface area contributed by atoms with Gasteiger partial charge in [-0.3, -0.25) is 0 Å². The molecule has 0 radical (unpaired) electrons. The van der Waals surface area contributed by atoms with Gasteiger partial charge in [0.1, 0.15) is 0 Å². The third kappa shape index (κ3) is 2.05. The Morgan fingerprint density at radius 3 is 2.71 bits per heavy atom. The Kier molecular flexibility index (Phi) is 3.01. The number of anilines is 1. The second-order valence-corrected chi connectivity index (χ2v) is 4.66. The summed E-state index contributed by atoms with van der Waals surface area (Å²) >= 11 is 3.34. The Hall–Kier alpha value is -0.640. The topological polar surface area (TPSA) is 29.0 Å². The molecule has 0 amide bonds. The van der Waals surface area contributed by atoms with Gasteiger partial charge in [-0.05, 0) is 42.1 Å². The lowest BCUT2D eigenvalue weighted by Crippen LogP contribution is -2.38. The van der Waals surface area contributed by atoms with Crippen LogP contribution in [0.1, 0.15) is 26.2 Å². The van der Waals surface area contributed by atoms with Gasteiger partial charge in [-0.1, -0.05) is 0 Å². The average molecular weight is 256 g/mol. The lowest BCUT2D eigenvalue weighted by Gasteiger charge is -2.33. The van der Waals surface area contributed by atoms with Gasteiger partial charge in [0.2, 0.25) is 5.95 Å². The fraction of sp³-hybridized carbons (Fsp3) is 0.600. The smallest absolute Gasteiger partial charge is 0.225 e. The van der Waals surface area contributed by atoms with Crippen molar-refractivity contribution in [3.8, 4) is 0 Å². The van der Waals surface area contributed by atoms with E-state index >= 15 is 0 Å². The number of halogens is 1. The van der Waals surface area contributed by atoms with Crippen molar-refractivity contribution >= 4 is 21.9 Å². The van der Waals surface area contributed by atoms with E-state index in [2.05, 4.69) is 37.7 Å². The van der Waals surface area contributed by atoms with Crippen LogP contribution in [0.2, 0.25) is 0 Å². The van der Waals surface area contributed by atoms with Crippen LogP contribution in [0.3, 0.4) is 0 Å². The highest BCUT2D eigenvalue weighted by molar-refractivity contribution is 9.10. The van der Waals surface area contributed by atoms with Crippen LogP contribution in [0, 0.1) is 0 Å².